The summed E-state index contributed by atoms with van der Waals surface area (Å²) in [6, 6.07) is 7.12. The van der Waals surface area contributed by atoms with Gasteiger partial charge in [-0.25, -0.2) is 0 Å². The Hall–Kier alpha value is -2.08. The van der Waals surface area contributed by atoms with E-state index >= 15 is 0 Å². The number of carbonyl (C=O) groups excluding carboxylic acids is 2. The van der Waals surface area contributed by atoms with Gasteiger partial charge in [-0.2, -0.15) is 0 Å². The summed E-state index contributed by atoms with van der Waals surface area (Å²) < 4.78 is 5.50. The van der Waals surface area contributed by atoms with Gasteiger partial charge in [0.05, 0.1) is 24.1 Å². The number of primary amides is 1. The number of para-hydroxylation sites is 2. The molecule has 0 bridgehead atoms. The minimum atomic E-state index is -0.444. The minimum absolute atomic E-state index is 0.0674. The quantitative estimate of drug-likeness (QED) is 0.696. The van der Waals surface area contributed by atoms with Crippen LogP contribution in [0.1, 0.15) is 25.7 Å². The monoisotopic (exact) mass is 291 g/mol. The van der Waals surface area contributed by atoms with Crippen LogP contribution in [-0.4, -0.2) is 25.0 Å². The van der Waals surface area contributed by atoms with Crippen LogP contribution < -0.4 is 21.5 Å². The van der Waals surface area contributed by atoms with Gasteiger partial charge in [0.25, 0.3) is 0 Å². The molecule has 1 aliphatic carbocycles. The maximum absolute atomic E-state index is 12.4. The molecular formula is C15H21N3O3. The molecule has 0 saturated heterocycles. The number of carbonyl (C=O) groups is 2. The molecule has 0 radical (unpaired) electrons. The summed E-state index contributed by atoms with van der Waals surface area (Å²) in [4.78, 5) is 23.1. The fraction of sp³-hybridized carbons (Fsp3) is 0.467. The molecule has 5 N–H and O–H groups in total. The fourth-order valence-corrected chi connectivity index (χ4v) is 2.34. The van der Waals surface area contributed by atoms with Crippen molar-refractivity contribution >= 4 is 17.5 Å². The first-order valence-corrected chi connectivity index (χ1v) is 7.09. The van der Waals surface area contributed by atoms with Crippen LogP contribution in [-0.2, 0) is 9.59 Å². The molecular weight excluding hydrogens is 270 g/mol. The highest BCUT2D eigenvalue weighted by Gasteiger charge is 2.42. The van der Waals surface area contributed by atoms with Crippen molar-refractivity contribution in [3.63, 3.8) is 0 Å². The molecule has 2 amide bonds. The van der Waals surface area contributed by atoms with Crippen LogP contribution in [0.2, 0.25) is 0 Å². The summed E-state index contributed by atoms with van der Waals surface area (Å²) in [6.45, 7) is 0.535. The van der Waals surface area contributed by atoms with Gasteiger partial charge in [0.1, 0.15) is 5.75 Å². The van der Waals surface area contributed by atoms with Crippen molar-refractivity contribution < 1.29 is 14.3 Å². The normalized spacial score (nSPS) is 15.9. The fourth-order valence-electron chi connectivity index (χ4n) is 2.34. The van der Waals surface area contributed by atoms with Crippen LogP contribution in [0, 0.1) is 5.41 Å². The summed E-state index contributed by atoms with van der Waals surface area (Å²) in [7, 11) is 0. The smallest absolute Gasteiger partial charge is 0.231 e. The molecule has 1 saturated carbocycles. The molecule has 0 atom stereocenters. The lowest BCUT2D eigenvalue weighted by molar-refractivity contribution is -0.129. The molecule has 0 heterocycles. The Kier molecular flexibility index (Phi) is 4.80. The standard InChI is InChI=1S/C15H21N3O3/c16-10-15(7-3-8-15)14(20)18-11-4-1-2-5-12(11)21-9-6-13(17)19/h1-2,4-5H,3,6-10,16H2,(H2,17,19)(H,18,20). The topological polar surface area (TPSA) is 107 Å². The van der Waals surface area contributed by atoms with Crippen LogP contribution in [0.25, 0.3) is 0 Å². The zero-order valence-corrected chi connectivity index (χ0v) is 11.9. The zero-order chi connectivity index (χ0) is 15.3. The van der Waals surface area contributed by atoms with Crippen LogP contribution >= 0.6 is 0 Å². The number of hydrogen-bond donors (Lipinski definition) is 3. The number of ether oxygens (including phenoxy) is 1. The van der Waals surface area contributed by atoms with Gasteiger partial charge in [0.15, 0.2) is 0 Å². The van der Waals surface area contributed by atoms with E-state index in [1.54, 1.807) is 18.2 Å². The van der Waals surface area contributed by atoms with E-state index in [4.69, 9.17) is 16.2 Å². The molecule has 0 unspecified atom stereocenters. The SMILES string of the molecule is NCC1(C(=O)Nc2ccccc2OCCC(N)=O)CCC1. The molecule has 2 rings (SSSR count). The largest absolute Gasteiger partial charge is 0.491 e. The number of hydrogen-bond acceptors (Lipinski definition) is 4. The Labute approximate surface area is 123 Å². The lowest BCUT2D eigenvalue weighted by Gasteiger charge is -2.39. The van der Waals surface area contributed by atoms with Gasteiger partial charge < -0.3 is 21.5 Å². The van der Waals surface area contributed by atoms with Gasteiger partial charge in [-0.15, -0.1) is 0 Å². The van der Waals surface area contributed by atoms with Gasteiger partial charge in [-0.3, -0.25) is 9.59 Å². The second kappa shape index (κ2) is 6.58. The zero-order valence-electron chi connectivity index (χ0n) is 11.9. The molecule has 21 heavy (non-hydrogen) atoms. The number of benzene rings is 1. The van der Waals surface area contributed by atoms with Crippen molar-refractivity contribution in [3.05, 3.63) is 24.3 Å². The summed E-state index contributed by atoms with van der Waals surface area (Å²) in [6.07, 6.45) is 2.80. The summed E-state index contributed by atoms with van der Waals surface area (Å²) >= 11 is 0. The molecule has 1 aliphatic rings. The minimum Gasteiger partial charge on any atom is -0.491 e. The second-order valence-electron chi connectivity index (χ2n) is 5.35. The maximum atomic E-state index is 12.4. The predicted octanol–water partition coefficient (Wildman–Crippen LogP) is 1.01. The molecule has 1 fully saturated rings. The predicted molar refractivity (Wildman–Crippen MR) is 79.7 cm³/mol. The highest BCUT2D eigenvalue weighted by Crippen LogP contribution is 2.41. The number of rotatable bonds is 7. The van der Waals surface area contributed by atoms with Crippen molar-refractivity contribution in [1.29, 1.82) is 0 Å². The van der Waals surface area contributed by atoms with Crippen molar-refractivity contribution in [3.8, 4) is 5.75 Å². The lowest BCUT2D eigenvalue weighted by atomic mass is 9.68. The van der Waals surface area contributed by atoms with Gasteiger partial charge in [-0.05, 0) is 25.0 Å². The van der Waals surface area contributed by atoms with E-state index in [0.717, 1.165) is 19.3 Å². The van der Waals surface area contributed by atoms with E-state index in [2.05, 4.69) is 5.32 Å². The Morgan fingerprint density at radius 1 is 1.29 bits per heavy atom. The van der Waals surface area contributed by atoms with Gasteiger partial charge in [-0.1, -0.05) is 18.6 Å². The molecule has 1 aromatic rings. The van der Waals surface area contributed by atoms with E-state index in [-0.39, 0.29) is 18.9 Å². The highest BCUT2D eigenvalue weighted by molar-refractivity contribution is 5.97. The number of amides is 2. The summed E-state index contributed by atoms with van der Waals surface area (Å²) in [5.41, 5.74) is 11.0. The third-order valence-electron chi connectivity index (χ3n) is 3.92. The highest BCUT2D eigenvalue weighted by atomic mass is 16.5. The summed E-state index contributed by atoms with van der Waals surface area (Å²) in [5.74, 6) is 0.0360. The molecule has 0 aromatic heterocycles. The van der Waals surface area contributed by atoms with Crippen molar-refractivity contribution in [2.24, 2.45) is 16.9 Å². The Morgan fingerprint density at radius 2 is 2.00 bits per heavy atom. The molecule has 114 valence electrons. The van der Waals surface area contributed by atoms with Crippen LogP contribution in [0.5, 0.6) is 5.75 Å². The Bertz CT molecular complexity index is 521. The van der Waals surface area contributed by atoms with E-state index in [9.17, 15) is 9.59 Å². The van der Waals surface area contributed by atoms with E-state index in [1.807, 2.05) is 6.07 Å². The molecule has 6 nitrogen and oxygen atoms in total. The number of anilines is 1. The first-order chi connectivity index (χ1) is 10.1. The van der Waals surface area contributed by atoms with E-state index in [0.29, 0.717) is 18.0 Å². The van der Waals surface area contributed by atoms with Gasteiger partial charge in [0, 0.05) is 6.54 Å². The Balaban J connectivity index is 2.02. The first kappa shape index (κ1) is 15.3. The van der Waals surface area contributed by atoms with Crippen molar-refractivity contribution in [2.75, 3.05) is 18.5 Å². The van der Waals surface area contributed by atoms with Gasteiger partial charge in [0.2, 0.25) is 11.8 Å². The number of nitrogens with one attached hydrogen (secondary N) is 1. The average Bonchev–Trinajstić information content (AvgIpc) is 2.39. The molecule has 0 aliphatic heterocycles. The maximum Gasteiger partial charge on any atom is 0.231 e. The van der Waals surface area contributed by atoms with Crippen LogP contribution in [0.4, 0.5) is 5.69 Å². The lowest BCUT2D eigenvalue weighted by Crippen LogP contribution is -2.47. The third kappa shape index (κ3) is 3.52. The Morgan fingerprint density at radius 3 is 2.57 bits per heavy atom. The number of nitrogens with two attached hydrogens (primary N) is 2. The van der Waals surface area contributed by atoms with Crippen LogP contribution in [0.3, 0.4) is 0 Å². The average molecular weight is 291 g/mol. The second-order valence-corrected chi connectivity index (χ2v) is 5.35. The molecule has 6 heteroatoms. The third-order valence-corrected chi connectivity index (χ3v) is 3.92. The summed E-state index contributed by atoms with van der Waals surface area (Å²) in [5, 5.41) is 2.88. The first-order valence-electron chi connectivity index (χ1n) is 7.09. The van der Waals surface area contributed by atoms with Crippen molar-refractivity contribution in [1.82, 2.24) is 0 Å². The molecule has 1 aromatic carbocycles. The molecule has 0 spiro atoms. The van der Waals surface area contributed by atoms with Crippen molar-refractivity contribution in [2.45, 2.75) is 25.7 Å². The van der Waals surface area contributed by atoms with Gasteiger partial charge >= 0.3 is 0 Å². The van der Waals surface area contributed by atoms with Crippen LogP contribution in [0.15, 0.2) is 24.3 Å². The van der Waals surface area contributed by atoms with E-state index in [1.165, 1.54) is 0 Å². The van der Waals surface area contributed by atoms with E-state index < -0.39 is 11.3 Å².